The Kier molecular flexibility index (Phi) is 6.29. The molecule has 236 valence electrons. The smallest absolute Gasteiger partial charge is 0.0547 e. The first-order chi connectivity index (χ1) is 24.5. The summed E-state index contributed by atoms with van der Waals surface area (Å²) in [6, 6.07) is 64.7. The Balaban J connectivity index is 1.14. The van der Waals surface area contributed by atoms with Crippen molar-refractivity contribution >= 4 is 32.6 Å². The molecule has 1 aliphatic rings. The van der Waals surface area contributed by atoms with Crippen LogP contribution < -0.4 is 0 Å². The summed E-state index contributed by atoms with van der Waals surface area (Å²) in [6.07, 6.45) is 0. The summed E-state index contributed by atoms with van der Waals surface area (Å²) >= 11 is 0. The van der Waals surface area contributed by atoms with Crippen molar-refractivity contribution in [2.45, 2.75) is 19.3 Å². The molecule has 50 heavy (non-hydrogen) atoms. The van der Waals surface area contributed by atoms with E-state index in [1.54, 1.807) is 0 Å². The van der Waals surface area contributed by atoms with E-state index in [1.807, 2.05) is 0 Å². The molecule has 10 rings (SSSR count). The predicted molar refractivity (Wildman–Crippen MR) is 212 cm³/mol. The predicted octanol–water partition coefficient (Wildman–Crippen LogP) is 13.2. The lowest BCUT2D eigenvalue weighted by atomic mass is 9.80. The number of aromatic nitrogens is 1. The van der Waals surface area contributed by atoms with Gasteiger partial charge in [0.05, 0.1) is 11.0 Å². The first-order valence-corrected chi connectivity index (χ1v) is 17.5. The lowest BCUT2D eigenvalue weighted by molar-refractivity contribution is 0.667. The monoisotopic (exact) mass is 637 g/mol. The third kappa shape index (κ3) is 4.33. The highest BCUT2D eigenvalue weighted by molar-refractivity contribution is 6.12. The first kappa shape index (κ1) is 28.8. The highest BCUT2D eigenvalue weighted by atomic mass is 15.0. The Morgan fingerprint density at radius 1 is 0.380 bits per heavy atom. The lowest BCUT2D eigenvalue weighted by Crippen LogP contribution is -2.15. The highest BCUT2D eigenvalue weighted by Gasteiger charge is 2.37. The zero-order valence-electron chi connectivity index (χ0n) is 28.2. The minimum atomic E-state index is -0.0997. The number of benzene rings is 8. The van der Waals surface area contributed by atoms with E-state index in [2.05, 4.69) is 194 Å². The van der Waals surface area contributed by atoms with Crippen molar-refractivity contribution in [1.82, 2.24) is 4.57 Å². The molecular formula is C49H35N. The molecule has 0 bridgehead atoms. The van der Waals surface area contributed by atoms with E-state index in [4.69, 9.17) is 0 Å². The molecule has 0 fully saturated rings. The van der Waals surface area contributed by atoms with Crippen LogP contribution >= 0.6 is 0 Å². The fraction of sp³-hybridized carbons (Fsp3) is 0.0612. The molecule has 1 heteroatoms. The molecule has 0 atom stereocenters. The van der Waals surface area contributed by atoms with Gasteiger partial charge in [-0.25, -0.2) is 0 Å². The van der Waals surface area contributed by atoms with Gasteiger partial charge in [0, 0.05) is 21.9 Å². The van der Waals surface area contributed by atoms with Crippen molar-refractivity contribution in [3.63, 3.8) is 0 Å². The van der Waals surface area contributed by atoms with Gasteiger partial charge in [0.25, 0.3) is 0 Å². The Bertz CT molecular complexity index is 2690. The normalized spacial score (nSPS) is 13.2. The molecule has 0 radical (unpaired) electrons. The Hall–Kier alpha value is -6.18. The molecule has 0 saturated heterocycles. The number of nitrogens with zero attached hydrogens (tertiary/aromatic N) is 1. The summed E-state index contributed by atoms with van der Waals surface area (Å²) in [4.78, 5) is 0. The van der Waals surface area contributed by atoms with Gasteiger partial charge in [-0.1, -0.05) is 141 Å². The minimum absolute atomic E-state index is 0.0997. The van der Waals surface area contributed by atoms with Crippen molar-refractivity contribution < 1.29 is 0 Å². The quantitative estimate of drug-likeness (QED) is 0.181. The van der Waals surface area contributed by atoms with E-state index in [-0.39, 0.29) is 5.41 Å². The maximum absolute atomic E-state index is 2.48. The Morgan fingerprint density at radius 3 is 1.60 bits per heavy atom. The maximum atomic E-state index is 2.48. The van der Waals surface area contributed by atoms with E-state index < -0.39 is 0 Å². The van der Waals surface area contributed by atoms with Crippen LogP contribution in [-0.4, -0.2) is 4.57 Å². The molecule has 1 heterocycles. The van der Waals surface area contributed by atoms with E-state index >= 15 is 0 Å². The first-order valence-electron chi connectivity index (χ1n) is 17.5. The van der Waals surface area contributed by atoms with Crippen LogP contribution in [0.15, 0.2) is 176 Å². The largest absolute Gasteiger partial charge is 0.309 e. The second kappa shape index (κ2) is 10.9. The van der Waals surface area contributed by atoms with Crippen molar-refractivity contribution in [2.75, 3.05) is 0 Å². The van der Waals surface area contributed by atoms with Crippen LogP contribution in [-0.2, 0) is 5.41 Å². The second-order valence-electron chi connectivity index (χ2n) is 14.2. The summed E-state index contributed by atoms with van der Waals surface area (Å²) in [5.41, 5.74) is 16.4. The molecule has 1 nitrogen and oxygen atoms in total. The van der Waals surface area contributed by atoms with Gasteiger partial charge in [-0.15, -0.1) is 0 Å². The van der Waals surface area contributed by atoms with Crippen molar-refractivity contribution in [3.8, 4) is 50.2 Å². The average Bonchev–Trinajstić information content (AvgIpc) is 3.62. The molecular weight excluding hydrogens is 603 g/mol. The molecule has 0 aliphatic heterocycles. The van der Waals surface area contributed by atoms with Crippen LogP contribution in [0, 0.1) is 0 Å². The van der Waals surface area contributed by atoms with Gasteiger partial charge in [-0.2, -0.15) is 0 Å². The van der Waals surface area contributed by atoms with Crippen molar-refractivity contribution in [3.05, 3.63) is 187 Å². The highest BCUT2D eigenvalue weighted by Crippen LogP contribution is 2.53. The average molecular weight is 638 g/mol. The van der Waals surface area contributed by atoms with Gasteiger partial charge >= 0.3 is 0 Å². The molecule has 1 aromatic heterocycles. The number of hydrogen-bond acceptors (Lipinski definition) is 0. The topological polar surface area (TPSA) is 4.93 Å². The number of fused-ring (bicyclic) bond motifs is 8. The molecule has 0 N–H and O–H groups in total. The zero-order chi connectivity index (χ0) is 33.4. The summed E-state index contributed by atoms with van der Waals surface area (Å²) in [5.74, 6) is 0. The van der Waals surface area contributed by atoms with Gasteiger partial charge in [-0.05, 0) is 115 Å². The molecule has 1 aliphatic carbocycles. The van der Waals surface area contributed by atoms with Crippen LogP contribution in [0.3, 0.4) is 0 Å². The Morgan fingerprint density at radius 2 is 0.940 bits per heavy atom. The van der Waals surface area contributed by atoms with Crippen LogP contribution in [0.1, 0.15) is 25.0 Å². The van der Waals surface area contributed by atoms with Crippen molar-refractivity contribution in [2.24, 2.45) is 0 Å². The van der Waals surface area contributed by atoms with E-state index in [1.165, 1.54) is 93.9 Å². The van der Waals surface area contributed by atoms with Crippen LogP contribution in [0.2, 0.25) is 0 Å². The maximum Gasteiger partial charge on any atom is 0.0547 e. The minimum Gasteiger partial charge on any atom is -0.309 e. The van der Waals surface area contributed by atoms with Gasteiger partial charge in [0.2, 0.25) is 0 Å². The fourth-order valence-corrected chi connectivity index (χ4v) is 8.53. The van der Waals surface area contributed by atoms with Gasteiger partial charge in [0.1, 0.15) is 0 Å². The van der Waals surface area contributed by atoms with Gasteiger partial charge in [0.15, 0.2) is 0 Å². The molecule has 0 unspecified atom stereocenters. The standard InChI is InChI=1S/C49H35N/c1-49(2)45-30-44-41-19-11-12-20-46(41)50(47(44)31-43(45)42-26-23-35-17-9-10-18-40(35)48(42)49)39-24-21-34(22-25-39)38-28-36(32-13-5-3-6-14-32)27-37(29-38)33-15-7-4-8-16-33/h3-31H,1-2H3. The number of hydrogen-bond donors (Lipinski definition) is 0. The van der Waals surface area contributed by atoms with E-state index in [9.17, 15) is 0 Å². The summed E-state index contributed by atoms with van der Waals surface area (Å²) < 4.78 is 2.45. The summed E-state index contributed by atoms with van der Waals surface area (Å²) in [6.45, 7) is 4.79. The SMILES string of the molecule is CC1(C)c2cc3c4ccccc4n(-c4ccc(-c5cc(-c6ccccc6)cc(-c6ccccc6)c5)cc4)c3cc2-c2ccc3ccccc3c21. The molecule has 0 spiro atoms. The second-order valence-corrected chi connectivity index (χ2v) is 14.2. The lowest BCUT2D eigenvalue weighted by Gasteiger charge is -2.23. The summed E-state index contributed by atoms with van der Waals surface area (Å²) in [7, 11) is 0. The van der Waals surface area contributed by atoms with Crippen LogP contribution in [0.4, 0.5) is 0 Å². The van der Waals surface area contributed by atoms with Crippen LogP contribution in [0.25, 0.3) is 82.8 Å². The Labute approximate surface area is 292 Å². The van der Waals surface area contributed by atoms with Gasteiger partial charge < -0.3 is 4.57 Å². The zero-order valence-corrected chi connectivity index (χ0v) is 28.2. The molecule has 0 saturated carbocycles. The molecule has 0 amide bonds. The molecule has 9 aromatic rings. The van der Waals surface area contributed by atoms with Crippen molar-refractivity contribution in [1.29, 1.82) is 0 Å². The van der Waals surface area contributed by atoms with E-state index in [0.29, 0.717) is 0 Å². The summed E-state index contributed by atoms with van der Waals surface area (Å²) in [5, 5.41) is 5.24. The van der Waals surface area contributed by atoms with E-state index in [0.717, 1.165) is 0 Å². The van der Waals surface area contributed by atoms with Gasteiger partial charge in [-0.3, -0.25) is 0 Å². The number of para-hydroxylation sites is 1. The third-order valence-electron chi connectivity index (χ3n) is 10.9. The van der Waals surface area contributed by atoms with Crippen LogP contribution in [0.5, 0.6) is 0 Å². The fourth-order valence-electron chi connectivity index (χ4n) is 8.53. The third-order valence-corrected chi connectivity index (χ3v) is 10.9. The number of rotatable bonds is 4. The molecule has 8 aromatic carbocycles.